The molecule has 1 aromatic carbocycles. The normalized spacial score (nSPS) is 13.5. The Kier molecular flexibility index (Phi) is 3.73. The quantitative estimate of drug-likeness (QED) is 0.912. The molecule has 0 spiro atoms. The van der Waals surface area contributed by atoms with Crippen molar-refractivity contribution in [3.63, 3.8) is 0 Å². The standard InChI is InChI=1S/C14H14N4O4/c19-13(20)12-16-15-11-8-17(6-7-18(11)12)14(21)22-9-10-4-2-1-3-5-10/h1-5H,6-9H2,(H,19,20). The van der Waals surface area contributed by atoms with Crippen LogP contribution in [0.2, 0.25) is 0 Å². The van der Waals surface area contributed by atoms with Crippen molar-refractivity contribution in [2.45, 2.75) is 19.7 Å². The Hall–Kier alpha value is -2.90. The number of fused-ring (bicyclic) bond motifs is 1. The van der Waals surface area contributed by atoms with Gasteiger partial charge >= 0.3 is 12.1 Å². The molecule has 114 valence electrons. The second kappa shape index (κ2) is 5.84. The first-order valence-electron chi connectivity index (χ1n) is 6.76. The number of aromatic carboxylic acids is 1. The summed E-state index contributed by atoms with van der Waals surface area (Å²) in [5.41, 5.74) is 0.907. The molecule has 8 heteroatoms. The van der Waals surface area contributed by atoms with Crippen LogP contribution in [0.25, 0.3) is 0 Å². The predicted octanol–water partition coefficient (Wildman–Crippen LogP) is 1.13. The smallest absolute Gasteiger partial charge is 0.410 e. The molecule has 0 bridgehead atoms. The number of carbonyl (C=O) groups excluding carboxylic acids is 1. The Morgan fingerprint density at radius 3 is 2.68 bits per heavy atom. The summed E-state index contributed by atoms with van der Waals surface area (Å²) in [5, 5.41) is 16.4. The van der Waals surface area contributed by atoms with Crippen LogP contribution < -0.4 is 0 Å². The third-order valence-electron chi connectivity index (χ3n) is 3.41. The number of carbonyl (C=O) groups is 2. The Morgan fingerprint density at radius 1 is 1.18 bits per heavy atom. The van der Waals surface area contributed by atoms with E-state index in [-0.39, 0.29) is 19.0 Å². The number of carboxylic acid groups (broad SMARTS) is 1. The maximum Gasteiger partial charge on any atom is 0.410 e. The summed E-state index contributed by atoms with van der Waals surface area (Å²) in [5.74, 6) is -0.786. The van der Waals surface area contributed by atoms with Gasteiger partial charge in [-0.1, -0.05) is 30.3 Å². The van der Waals surface area contributed by atoms with Crippen LogP contribution in [-0.4, -0.2) is 43.4 Å². The van der Waals surface area contributed by atoms with Crippen molar-refractivity contribution in [1.29, 1.82) is 0 Å². The van der Waals surface area contributed by atoms with Gasteiger partial charge in [0.1, 0.15) is 6.61 Å². The Labute approximate surface area is 125 Å². The van der Waals surface area contributed by atoms with Crippen molar-refractivity contribution in [2.24, 2.45) is 0 Å². The van der Waals surface area contributed by atoms with E-state index in [2.05, 4.69) is 10.2 Å². The Balaban J connectivity index is 1.62. The lowest BCUT2D eigenvalue weighted by molar-refractivity contribution is 0.0670. The molecule has 1 amide bonds. The van der Waals surface area contributed by atoms with Crippen molar-refractivity contribution in [1.82, 2.24) is 19.7 Å². The van der Waals surface area contributed by atoms with Crippen molar-refractivity contribution in [2.75, 3.05) is 6.54 Å². The van der Waals surface area contributed by atoms with E-state index in [4.69, 9.17) is 9.84 Å². The van der Waals surface area contributed by atoms with Gasteiger partial charge < -0.3 is 14.4 Å². The van der Waals surface area contributed by atoms with E-state index in [0.29, 0.717) is 18.9 Å². The van der Waals surface area contributed by atoms with Crippen LogP contribution in [-0.2, 0) is 24.4 Å². The number of hydrogen-bond acceptors (Lipinski definition) is 5. The van der Waals surface area contributed by atoms with E-state index in [1.807, 2.05) is 30.3 Å². The number of rotatable bonds is 3. The summed E-state index contributed by atoms with van der Waals surface area (Å²) in [6, 6.07) is 9.39. The number of benzene rings is 1. The van der Waals surface area contributed by atoms with E-state index in [1.165, 1.54) is 9.47 Å². The highest BCUT2D eigenvalue weighted by molar-refractivity contribution is 5.83. The summed E-state index contributed by atoms with van der Waals surface area (Å²) in [4.78, 5) is 24.5. The fraction of sp³-hybridized carbons (Fsp3) is 0.286. The van der Waals surface area contributed by atoms with Gasteiger partial charge in [0.25, 0.3) is 0 Å². The van der Waals surface area contributed by atoms with Crippen LogP contribution in [0.4, 0.5) is 4.79 Å². The SMILES string of the molecule is O=C(O)c1nnc2n1CCN(C(=O)OCc1ccccc1)C2. The van der Waals surface area contributed by atoms with Gasteiger partial charge in [0, 0.05) is 13.1 Å². The molecule has 0 saturated carbocycles. The molecule has 2 heterocycles. The van der Waals surface area contributed by atoms with Crippen LogP contribution in [0.5, 0.6) is 0 Å². The van der Waals surface area contributed by atoms with Crippen molar-refractivity contribution in [3.8, 4) is 0 Å². The predicted molar refractivity (Wildman–Crippen MR) is 74.0 cm³/mol. The van der Waals surface area contributed by atoms with Gasteiger partial charge in [0.05, 0.1) is 6.54 Å². The number of nitrogens with zero attached hydrogens (tertiary/aromatic N) is 4. The second-order valence-corrected chi connectivity index (χ2v) is 4.86. The third kappa shape index (κ3) is 2.76. The molecular formula is C14H14N4O4. The number of amides is 1. The minimum Gasteiger partial charge on any atom is -0.475 e. The second-order valence-electron chi connectivity index (χ2n) is 4.86. The van der Waals surface area contributed by atoms with Crippen LogP contribution in [0.15, 0.2) is 30.3 Å². The van der Waals surface area contributed by atoms with Gasteiger partial charge in [0.2, 0.25) is 5.82 Å². The fourth-order valence-corrected chi connectivity index (χ4v) is 2.28. The molecule has 1 aliphatic rings. The molecule has 0 unspecified atom stereocenters. The number of carboxylic acids is 1. The van der Waals surface area contributed by atoms with Gasteiger partial charge in [-0.15, -0.1) is 10.2 Å². The van der Waals surface area contributed by atoms with E-state index in [1.54, 1.807) is 0 Å². The lowest BCUT2D eigenvalue weighted by Crippen LogP contribution is -2.39. The van der Waals surface area contributed by atoms with Gasteiger partial charge in [-0.2, -0.15) is 0 Å². The highest BCUT2D eigenvalue weighted by Gasteiger charge is 2.27. The lowest BCUT2D eigenvalue weighted by atomic mass is 10.2. The van der Waals surface area contributed by atoms with E-state index in [0.717, 1.165) is 5.56 Å². The minimum absolute atomic E-state index is 0.104. The first-order chi connectivity index (χ1) is 10.6. The van der Waals surface area contributed by atoms with Crippen molar-refractivity contribution >= 4 is 12.1 Å². The highest BCUT2D eigenvalue weighted by atomic mass is 16.6. The zero-order valence-electron chi connectivity index (χ0n) is 11.7. The molecule has 1 aliphatic heterocycles. The zero-order chi connectivity index (χ0) is 15.5. The first kappa shape index (κ1) is 14.1. The van der Waals surface area contributed by atoms with Gasteiger partial charge in [0.15, 0.2) is 5.82 Å². The molecule has 2 aromatic rings. The van der Waals surface area contributed by atoms with E-state index < -0.39 is 12.1 Å². The molecule has 0 saturated heterocycles. The average Bonchev–Trinajstić information content (AvgIpc) is 2.97. The van der Waals surface area contributed by atoms with Crippen LogP contribution in [0.1, 0.15) is 22.0 Å². The topological polar surface area (TPSA) is 97.5 Å². The largest absolute Gasteiger partial charge is 0.475 e. The summed E-state index contributed by atoms with van der Waals surface area (Å²) in [6.07, 6.45) is -0.449. The van der Waals surface area contributed by atoms with Crippen molar-refractivity contribution in [3.05, 3.63) is 47.5 Å². The fourth-order valence-electron chi connectivity index (χ4n) is 2.28. The molecule has 0 atom stereocenters. The Bertz CT molecular complexity index is 698. The molecule has 0 aliphatic carbocycles. The van der Waals surface area contributed by atoms with Gasteiger partial charge in [-0.25, -0.2) is 9.59 Å². The summed E-state index contributed by atoms with van der Waals surface area (Å²) < 4.78 is 6.75. The summed E-state index contributed by atoms with van der Waals surface area (Å²) >= 11 is 0. The molecule has 0 radical (unpaired) electrons. The van der Waals surface area contributed by atoms with E-state index in [9.17, 15) is 9.59 Å². The van der Waals surface area contributed by atoms with Crippen LogP contribution in [0.3, 0.4) is 0 Å². The third-order valence-corrected chi connectivity index (χ3v) is 3.41. The molecular weight excluding hydrogens is 288 g/mol. The number of ether oxygens (including phenoxy) is 1. The summed E-state index contributed by atoms with van der Waals surface area (Å²) in [6.45, 7) is 1.08. The minimum atomic E-state index is -1.13. The number of hydrogen-bond donors (Lipinski definition) is 1. The van der Waals surface area contributed by atoms with Crippen molar-refractivity contribution < 1.29 is 19.4 Å². The zero-order valence-corrected chi connectivity index (χ0v) is 11.7. The lowest BCUT2D eigenvalue weighted by Gasteiger charge is -2.26. The maximum absolute atomic E-state index is 12.1. The molecule has 1 aromatic heterocycles. The maximum atomic E-state index is 12.1. The monoisotopic (exact) mass is 302 g/mol. The van der Waals surface area contributed by atoms with Gasteiger partial charge in [-0.05, 0) is 5.56 Å². The summed E-state index contributed by atoms with van der Waals surface area (Å²) in [7, 11) is 0. The van der Waals surface area contributed by atoms with Crippen LogP contribution in [0, 0.1) is 0 Å². The Morgan fingerprint density at radius 2 is 1.95 bits per heavy atom. The molecule has 8 nitrogen and oxygen atoms in total. The van der Waals surface area contributed by atoms with E-state index >= 15 is 0 Å². The molecule has 1 N–H and O–H groups in total. The first-order valence-corrected chi connectivity index (χ1v) is 6.76. The molecule has 0 fully saturated rings. The highest BCUT2D eigenvalue weighted by Crippen LogP contribution is 2.14. The average molecular weight is 302 g/mol. The van der Waals surface area contributed by atoms with Gasteiger partial charge in [-0.3, -0.25) is 4.90 Å². The van der Waals surface area contributed by atoms with Crippen LogP contribution >= 0.6 is 0 Å². The molecule has 22 heavy (non-hydrogen) atoms. The number of aromatic nitrogens is 3. The molecule has 3 rings (SSSR count).